The molecule has 0 spiro atoms. The monoisotopic (exact) mass is 245 g/mol. The molecule has 0 radical (unpaired) electrons. The minimum atomic E-state index is 0.200. The Hall–Kier alpha value is -0.240. The third kappa shape index (κ3) is 5.20. The van der Waals surface area contributed by atoms with Crippen molar-refractivity contribution in [3.8, 4) is 0 Å². The van der Waals surface area contributed by atoms with Gasteiger partial charge in [-0.1, -0.05) is 26.7 Å². The maximum Gasteiger partial charge on any atom is 0.220 e. The number of carbonyl (C=O) groups is 1. The molecule has 3 atom stereocenters. The van der Waals surface area contributed by atoms with Crippen LogP contribution >= 0.6 is 11.6 Å². The van der Waals surface area contributed by atoms with Gasteiger partial charge in [-0.15, -0.1) is 11.6 Å². The molecule has 1 amide bonds. The van der Waals surface area contributed by atoms with Gasteiger partial charge in [-0.2, -0.15) is 0 Å². The second-order valence-electron chi connectivity index (χ2n) is 5.15. The van der Waals surface area contributed by atoms with Crippen molar-refractivity contribution in [2.75, 3.05) is 6.54 Å². The summed E-state index contributed by atoms with van der Waals surface area (Å²) in [7, 11) is 0. The summed E-state index contributed by atoms with van der Waals surface area (Å²) in [4.78, 5) is 11.6. The van der Waals surface area contributed by atoms with Gasteiger partial charge in [0, 0.05) is 18.3 Å². The fourth-order valence-corrected chi connectivity index (χ4v) is 2.61. The molecule has 2 nitrogen and oxygen atoms in total. The van der Waals surface area contributed by atoms with Crippen molar-refractivity contribution in [3.05, 3.63) is 0 Å². The second-order valence-corrected chi connectivity index (χ2v) is 5.77. The van der Waals surface area contributed by atoms with E-state index in [0.29, 0.717) is 23.6 Å². The summed E-state index contributed by atoms with van der Waals surface area (Å²) in [5.41, 5.74) is 0. The SMILES string of the molecule is CCC(C)CC(=O)NCC1CCCC(Cl)C1. The highest BCUT2D eigenvalue weighted by atomic mass is 35.5. The van der Waals surface area contributed by atoms with Crippen LogP contribution in [0.2, 0.25) is 0 Å². The highest BCUT2D eigenvalue weighted by Crippen LogP contribution is 2.27. The smallest absolute Gasteiger partial charge is 0.220 e. The first kappa shape index (κ1) is 13.8. The molecule has 1 fully saturated rings. The zero-order valence-corrected chi connectivity index (χ0v) is 11.2. The first-order valence-electron chi connectivity index (χ1n) is 6.52. The Balaban J connectivity index is 2.15. The molecule has 3 unspecified atom stereocenters. The van der Waals surface area contributed by atoms with E-state index < -0.39 is 0 Å². The van der Waals surface area contributed by atoms with Crippen LogP contribution in [0.15, 0.2) is 0 Å². The van der Waals surface area contributed by atoms with Crippen LogP contribution in [0.4, 0.5) is 0 Å². The predicted octanol–water partition coefficient (Wildman–Crippen LogP) is 3.34. The summed E-state index contributed by atoms with van der Waals surface area (Å²) in [5.74, 6) is 1.29. The molecule has 0 aliphatic heterocycles. The van der Waals surface area contributed by atoms with Crippen LogP contribution in [0.5, 0.6) is 0 Å². The molecule has 16 heavy (non-hydrogen) atoms. The van der Waals surface area contributed by atoms with E-state index in [4.69, 9.17) is 11.6 Å². The molecule has 1 saturated carbocycles. The lowest BCUT2D eigenvalue weighted by atomic mass is 9.89. The molecule has 0 aromatic rings. The highest BCUT2D eigenvalue weighted by molar-refractivity contribution is 6.20. The highest BCUT2D eigenvalue weighted by Gasteiger charge is 2.20. The van der Waals surface area contributed by atoms with E-state index in [2.05, 4.69) is 19.2 Å². The first-order valence-corrected chi connectivity index (χ1v) is 6.96. The van der Waals surface area contributed by atoms with Crippen LogP contribution in [-0.4, -0.2) is 17.8 Å². The number of hydrogen-bond acceptors (Lipinski definition) is 1. The Labute approximate surface area is 104 Å². The fraction of sp³-hybridized carbons (Fsp3) is 0.923. The van der Waals surface area contributed by atoms with Crippen molar-refractivity contribution < 1.29 is 4.79 Å². The third-order valence-corrected chi connectivity index (χ3v) is 3.93. The van der Waals surface area contributed by atoms with E-state index in [9.17, 15) is 4.79 Å². The quantitative estimate of drug-likeness (QED) is 0.740. The lowest BCUT2D eigenvalue weighted by Crippen LogP contribution is -2.32. The number of nitrogens with one attached hydrogen (secondary N) is 1. The Morgan fingerprint density at radius 2 is 2.25 bits per heavy atom. The minimum Gasteiger partial charge on any atom is -0.356 e. The van der Waals surface area contributed by atoms with Gasteiger partial charge < -0.3 is 5.32 Å². The molecule has 94 valence electrons. The average molecular weight is 246 g/mol. The van der Waals surface area contributed by atoms with Crippen LogP contribution < -0.4 is 5.32 Å². The van der Waals surface area contributed by atoms with Crippen LogP contribution in [-0.2, 0) is 4.79 Å². The number of carbonyl (C=O) groups excluding carboxylic acids is 1. The molecule has 0 saturated heterocycles. The Morgan fingerprint density at radius 3 is 2.88 bits per heavy atom. The topological polar surface area (TPSA) is 29.1 Å². The molecule has 3 heteroatoms. The van der Waals surface area contributed by atoms with Gasteiger partial charge in [0.1, 0.15) is 0 Å². The van der Waals surface area contributed by atoms with E-state index >= 15 is 0 Å². The number of halogens is 1. The summed E-state index contributed by atoms with van der Waals surface area (Å²) in [5, 5.41) is 3.36. The first-order chi connectivity index (χ1) is 7.61. The van der Waals surface area contributed by atoms with Gasteiger partial charge >= 0.3 is 0 Å². The molecule has 0 aromatic heterocycles. The van der Waals surface area contributed by atoms with Crippen LogP contribution in [0.25, 0.3) is 0 Å². The molecule has 1 rings (SSSR count). The number of rotatable bonds is 5. The summed E-state index contributed by atoms with van der Waals surface area (Å²) in [6.07, 6.45) is 6.35. The molecule has 1 aliphatic rings. The van der Waals surface area contributed by atoms with Crippen LogP contribution in [0, 0.1) is 11.8 Å². The van der Waals surface area contributed by atoms with Crippen LogP contribution in [0.3, 0.4) is 0 Å². The van der Waals surface area contributed by atoms with Crippen molar-refractivity contribution in [3.63, 3.8) is 0 Å². The van der Waals surface area contributed by atoms with Gasteiger partial charge in [0.05, 0.1) is 0 Å². The third-order valence-electron chi connectivity index (χ3n) is 3.54. The number of hydrogen-bond donors (Lipinski definition) is 1. The van der Waals surface area contributed by atoms with Gasteiger partial charge in [-0.25, -0.2) is 0 Å². The molecule has 1 aliphatic carbocycles. The van der Waals surface area contributed by atoms with E-state index in [1.807, 2.05) is 0 Å². The van der Waals surface area contributed by atoms with Gasteiger partial charge in [-0.3, -0.25) is 4.79 Å². The molecule has 0 heterocycles. The summed E-state index contributed by atoms with van der Waals surface area (Å²) >= 11 is 6.12. The molecular weight excluding hydrogens is 222 g/mol. The van der Waals surface area contributed by atoms with Crippen LogP contribution in [0.1, 0.15) is 52.4 Å². The maximum atomic E-state index is 11.6. The normalized spacial score (nSPS) is 27.4. The lowest BCUT2D eigenvalue weighted by molar-refractivity contribution is -0.122. The summed E-state index contributed by atoms with van der Waals surface area (Å²) in [6.45, 7) is 5.06. The zero-order valence-electron chi connectivity index (χ0n) is 10.5. The van der Waals surface area contributed by atoms with Gasteiger partial charge in [0.2, 0.25) is 5.91 Å². The lowest BCUT2D eigenvalue weighted by Gasteiger charge is -2.25. The Morgan fingerprint density at radius 1 is 1.50 bits per heavy atom. The molecule has 0 bridgehead atoms. The maximum absolute atomic E-state index is 11.6. The van der Waals surface area contributed by atoms with Crippen molar-refractivity contribution in [2.24, 2.45) is 11.8 Å². The average Bonchev–Trinajstić information content (AvgIpc) is 2.26. The van der Waals surface area contributed by atoms with E-state index in [1.54, 1.807) is 0 Å². The Kier molecular flexibility index (Phi) is 6.18. The van der Waals surface area contributed by atoms with Gasteiger partial charge in [-0.05, 0) is 31.1 Å². The molecular formula is C13H24ClNO. The Bertz CT molecular complexity index is 220. The minimum absolute atomic E-state index is 0.200. The van der Waals surface area contributed by atoms with Crippen molar-refractivity contribution >= 4 is 17.5 Å². The number of amides is 1. The standard InChI is InChI=1S/C13H24ClNO/c1-3-10(2)7-13(16)15-9-11-5-4-6-12(14)8-11/h10-12H,3-9H2,1-2H3,(H,15,16). The van der Waals surface area contributed by atoms with Gasteiger partial charge in [0.15, 0.2) is 0 Å². The largest absolute Gasteiger partial charge is 0.356 e. The molecule has 1 N–H and O–H groups in total. The van der Waals surface area contributed by atoms with E-state index in [0.717, 1.165) is 25.8 Å². The van der Waals surface area contributed by atoms with Crippen molar-refractivity contribution in [2.45, 2.75) is 57.7 Å². The van der Waals surface area contributed by atoms with Gasteiger partial charge in [0.25, 0.3) is 0 Å². The van der Waals surface area contributed by atoms with Crippen molar-refractivity contribution in [1.82, 2.24) is 5.32 Å². The second kappa shape index (κ2) is 7.16. The van der Waals surface area contributed by atoms with E-state index in [1.165, 1.54) is 12.8 Å². The van der Waals surface area contributed by atoms with Crippen molar-refractivity contribution in [1.29, 1.82) is 0 Å². The number of alkyl halides is 1. The molecule has 0 aromatic carbocycles. The zero-order chi connectivity index (χ0) is 12.0. The predicted molar refractivity (Wildman–Crippen MR) is 68.7 cm³/mol. The summed E-state index contributed by atoms with van der Waals surface area (Å²) in [6, 6.07) is 0. The summed E-state index contributed by atoms with van der Waals surface area (Å²) < 4.78 is 0. The van der Waals surface area contributed by atoms with E-state index in [-0.39, 0.29) is 5.91 Å². The fourth-order valence-electron chi connectivity index (χ4n) is 2.20.